The zero-order chi connectivity index (χ0) is 38.2. The van der Waals surface area contributed by atoms with Gasteiger partial charge in [-0.15, -0.1) is 0 Å². The molecule has 16 nitrogen and oxygen atoms in total. The molecule has 3 aromatic rings. The quantitative estimate of drug-likeness (QED) is 0.0953. The molecule has 0 unspecified atom stereocenters. The molecule has 2 aliphatic rings. The number of aromatic hydroxyl groups is 2. The lowest BCUT2D eigenvalue weighted by Crippen LogP contribution is -2.65. The summed E-state index contributed by atoms with van der Waals surface area (Å²) in [4.78, 5) is 14.4. The van der Waals surface area contributed by atoms with Crippen LogP contribution in [-0.4, -0.2) is 128 Å². The molecular formula is C36H46O16. The van der Waals surface area contributed by atoms with Gasteiger partial charge in [0.25, 0.3) is 0 Å². The molecule has 5 rings (SSSR count). The minimum absolute atomic E-state index is 0.0394. The number of aliphatic hydroxyl groups excluding tert-OH is 7. The van der Waals surface area contributed by atoms with Crippen LogP contribution in [0.15, 0.2) is 44.6 Å². The topological polar surface area (TPSA) is 258 Å². The maximum absolute atomic E-state index is 14.4. The molecule has 2 saturated heterocycles. The van der Waals surface area contributed by atoms with E-state index < -0.39 is 85.8 Å². The van der Waals surface area contributed by atoms with E-state index in [0.29, 0.717) is 5.56 Å². The van der Waals surface area contributed by atoms with Crippen LogP contribution in [0.5, 0.6) is 23.0 Å². The highest BCUT2D eigenvalue weighted by Crippen LogP contribution is 2.42. The van der Waals surface area contributed by atoms with E-state index in [2.05, 4.69) is 0 Å². The summed E-state index contributed by atoms with van der Waals surface area (Å²) in [6, 6.07) is 2.68. The van der Waals surface area contributed by atoms with Crippen molar-refractivity contribution in [2.24, 2.45) is 0 Å². The van der Waals surface area contributed by atoms with Crippen molar-refractivity contribution < 1.29 is 74.1 Å². The Kier molecular flexibility index (Phi) is 12.2. The molecule has 10 atom stereocenters. The summed E-state index contributed by atoms with van der Waals surface area (Å²) in [6.45, 7) is 5.85. The van der Waals surface area contributed by atoms with Crippen molar-refractivity contribution in [2.75, 3.05) is 20.3 Å². The van der Waals surface area contributed by atoms with E-state index in [4.69, 9.17) is 28.1 Å². The second-order valence-corrected chi connectivity index (χ2v) is 13.4. The van der Waals surface area contributed by atoms with E-state index >= 15 is 0 Å². The van der Waals surface area contributed by atoms with Crippen LogP contribution in [0.2, 0.25) is 0 Å². The molecule has 286 valence electrons. The zero-order valence-corrected chi connectivity index (χ0v) is 29.3. The van der Waals surface area contributed by atoms with Gasteiger partial charge in [0.1, 0.15) is 65.7 Å². The Morgan fingerprint density at radius 2 is 1.37 bits per heavy atom. The average Bonchev–Trinajstić information content (AvgIpc) is 3.10. The van der Waals surface area contributed by atoms with E-state index in [9.17, 15) is 50.8 Å². The lowest BCUT2D eigenvalue weighted by atomic mass is 9.96. The molecule has 0 bridgehead atoms. The van der Waals surface area contributed by atoms with Gasteiger partial charge in [0, 0.05) is 17.2 Å². The number of aliphatic hydroxyl groups is 7. The summed E-state index contributed by atoms with van der Waals surface area (Å²) in [7, 11) is 1.38. The summed E-state index contributed by atoms with van der Waals surface area (Å²) in [6.07, 6.45) is -13.0. The van der Waals surface area contributed by atoms with Gasteiger partial charge in [-0.2, -0.15) is 0 Å². The Morgan fingerprint density at radius 1 is 0.750 bits per heavy atom. The molecule has 9 N–H and O–H groups in total. The molecule has 0 amide bonds. The highest BCUT2D eigenvalue weighted by molar-refractivity contribution is 6.00. The van der Waals surface area contributed by atoms with Gasteiger partial charge in [-0.3, -0.25) is 4.79 Å². The van der Waals surface area contributed by atoms with Crippen molar-refractivity contribution in [2.45, 2.75) is 102 Å². The van der Waals surface area contributed by atoms with Gasteiger partial charge in [-0.1, -0.05) is 23.3 Å². The van der Waals surface area contributed by atoms with Crippen LogP contribution in [-0.2, 0) is 27.1 Å². The van der Waals surface area contributed by atoms with Crippen LogP contribution in [0.3, 0.4) is 0 Å². The molecule has 0 spiro atoms. The Bertz CT molecular complexity index is 1870. The van der Waals surface area contributed by atoms with Crippen molar-refractivity contribution in [3.8, 4) is 23.0 Å². The Labute approximate surface area is 297 Å². The first kappa shape index (κ1) is 39.4. The third-order valence-corrected chi connectivity index (χ3v) is 9.15. The lowest BCUT2D eigenvalue weighted by Gasteiger charge is -2.45. The summed E-state index contributed by atoms with van der Waals surface area (Å²) in [5, 5.41) is 94.9. The molecule has 3 heterocycles. The predicted molar refractivity (Wildman–Crippen MR) is 183 cm³/mol. The van der Waals surface area contributed by atoms with Gasteiger partial charge < -0.3 is 74.1 Å². The minimum atomic E-state index is -1.91. The number of rotatable bonds is 11. The van der Waals surface area contributed by atoms with Crippen LogP contribution in [0.25, 0.3) is 21.9 Å². The molecule has 2 aromatic carbocycles. The van der Waals surface area contributed by atoms with Gasteiger partial charge >= 0.3 is 0 Å². The number of phenolic OH excluding ortho intramolecular Hbond substituents is 2. The average molecular weight is 735 g/mol. The number of fused-ring (bicyclic) bond motifs is 2. The smallest absolute Gasteiger partial charge is 0.229 e. The van der Waals surface area contributed by atoms with Gasteiger partial charge in [0.15, 0.2) is 29.0 Å². The molecule has 52 heavy (non-hydrogen) atoms. The molecular weight excluding hydrogens is 688 g/mol. The molecule has 2 aliphatic heterocycles. The molecule has 16 heteroatoms. The highest BCUT2D eigenvalue weighted by atomic mass is 16.7. The van der Waals surface area contributed by atoms with Crippen LogP contribution >= 0.6 is 0 Å². The maximum Gasteiger partial charge on any atom is 0.229 e. The summed E-state index contributed by atoms with van der Waals surface area (Å²) < 4.78 is 34.3. The van der Waals surface area contributed by atoms with Crippen LogP contribution in [0.4, 0.5) is 0 Å². The third-order valence-electron chi connectivity index (χ3n) is 9.15. The fourth-order valence-corrected chi connectivity index (χ4v) is 6.24. The van der Waals surface area contributed by atoms with Gasteiger partial charge in [0.05, 0.1) is 25.7 Å². The van der Waals surface area contributed by atoms with Crippen LogP contribution in [0.1, 0.15) is 38.8 Å². The first-order valence-corrected chi connectivity index (χ1v) is 16.7. The number of hydrogen-bond donors (Lipinski definition) is 9. The maximum atomic E-state index is 14.4. The van der Waals surface area contributed by atoms with E-state index in [0.717, 1.165) is 17.2 Å². The number of allylic oxidation sites excluding steroid dienone is 4. The zero-order valence-electron chi connectivity index (χ0n) is 29.3. The molecule has 0 radical (unpaired) electrons. The first-order valence-electron chi connectivity index (χ1n) is 16.7. The van der Waals surface area contributed by atoms with Crippen molar-refractivity contribution in [3.63, 3.8) is 0 Å². The second-order valence-electron chi connectivity index (χ2n) is 13.4. The number of hydrogen-bond acceptors (Lipinski definition) is 16. The van der Waals surface area contributed by atoms with E-state index in [-0.39, 0.29) is 57.6 Å². The molecule has 2 fully saturated rings. The Balaban J connectivity index is 1.57. The fraction of sp³-hybridized carbons (Fsp3) is 0.528. The SMILES string of the molecule is COc1cc(CC=C(C)C)c(O)c2c(=O)c3c(CC=C(C)C)c(O[C@@H]4O[C@H](CO)[C@@H](O[C@@H]5O[C@H](CO)[C@@H](O)[C@@H](O)[C@H]5O)[C@@H](O)[C@H]4O)cc(O)c3oc12. The van der Waals surface area contributed by atoms with Crippen LogP contribution in [0, 0.1) is 0 Å². The van der Waals surface area contributed by atoms with Crippen molar-refractivity contribution in [1.29, 1.82) is 0 Å². The van der Waals surface area contributed by atoms with Gasteiger partial charge in [-0.25, -0.2) is 0 Å². The van der Waals surface area contributed by atoms with E-state index in [1.54, 1.807) is 12.1 Å². The predicted octanol–water partition coefficient (Wildman–Crippen LogP) is 0.386. The van der Waals surface area contributed by atoms with Gasteiger partial charge in [0.2, 0.25) is 11.7 Å². The third kappa shape index (κ3) is 7.49. The number of benzene rings is 2. The standard InChI is InChI=1S/C36H46O16/c1-14(2)6-8-16-10-20(47-5)33-24(25(16)40)27(42)23-17(9-7-15(3)4)19(11-18(39)32(23)51-33)48-35-31(46)29(44)34(22(13-38)50-35)52-36-30(45)28(43)26(41)21(12-37)49-36/h6-7,10-11,21-22,26,28-31,34-41,43-46H,8-9,12-13H2,1-5H3/t21-,22-,26-,28-,29+,30-,31-,34-,35-,36+/m1/s1. The van der Waals surface area contributed by atoms with Crippen molar-refractivity contribution >= 4 is 21.9 Å². The van der Waals surface area contributed by atoms with Crippen molar-refractivity contribution in [1.82, 2.24) is 0 Å². The summed E-state index contributed by atoms with van der Waals surface area (Å²) in [5.74, 6) is -0.901. The first-order chi connectivity index (χ1) is 24.6. The minimum Gasteiger partial charge on any atom is -0.507 e. The number of methoxy groups -OCH3 is 1. The Hall–Kier alpha value is -3.81. The second kappa shape index (κ2) is 16.1. The largest absolute Gasteiger partial charge is 0.507 e. The van der Waals surface area contributed by atoms with Crippen molar-refractivity contribution in [3.05, 3.63) is 56.8 Å². The van der Waals surface area contributed by atoms with Crippen LogP contribution < -0.4 is 14.9 Å². The summed E-state index contributed by atoms with van der Waals surface area (Å²) in [5.41, 5.74) is 1.35. The van der Waals surface area contributed by atoms with E-state index in [1.807, 2.05) is 33.8 Å². The Morgan fingerprint density at radius 3 is 1.98 bits per heavy atom. The highest BCUT2D eigenvalue weighted by Gasteiger charge is 2.51. The molecule has 0 saturated carbocycles. The molecule has 1 aromatic heterocycles. The lowest BCUT2D eigenvalue weighted by molar-refractivity contribution is -0.352. The normalized spacial score (nSPS) is 29.2. The summed E-state index contributed by atoms with van der Waals surface area (Å²) >= 11 is 0. The van der Waals surface area contributed by atoms with E-state index in [1.165, 1.54) is 7.11 Å². The fourth-order valence-electron chi connectivity index (χ4n) is 6.24. The number of ether oxygens (including phenoxy) is 5. The van der Waals surface area contributed by atoms with Gasteiger partial charge in [-0.05, 0) is 46.6 Å². The monoisotopic (exact) mass is 734 g/mol. The number of phenols is 2. The molecule has 0 aliphatic carbocycles.